The molecule has 0 fully saturated rings. The lowest BCUT2D eigenvalue weighted by atomic mass is 9.97. The average molecular weight is 425 g/mol. The highest BCUT2D eigenvalue weighted by Gasteiger charge is 2.30. The van der Waals surface area contributed by atoms with Gasteiger partial charge in [-0.05, 0) is 17.0 Å². The number of hydrogen-bond donors (Lipinski definition) is 0. The first-order valence-corrected chi connectivity index (χ1v) is 10.7. The molecular weight excluding hydrogens is 400 g/mol. The van der Waals surface area contributed by atoms with Crippen molar-refractivity contribution in [2.75, 3.05) is 4.90 Å². The van der Waals surface area contributed by atoms with Crippen LogP contribution in [0.15, 0.2) is 61.1 Å². The maximum atomic E-state index is 12.8. The molecule has 3 heterocycles. The lowest BCUT2D eigenvalue weighted by Gasteiger charge is -2.18. The fourth-order valence-electron chi connectivity index (χ4n) is 4.04. The van der Waals surface area contributed by atoms with E-state index >= 15 is 0 Å². The van der Waals surface area contributed by atoms with E-state index in [2.05, 4.69) is 35.0 Å². The van der Waals surface area contributed by atoms with Gasteiger partial charge in [-0.3, -0.25) is 14.4 Å². The molecule has 1 aliphatic rings. The molecule has 0 spiro atoms. The second-order valence-corrected chi connectivity index (χ2v) is 8.38. The summed E-state index contributed by atoms with van der Waals surface area (Å²) in [5, 5.41) is 4.34. The Balaban J connectivity index is 1.44. The van der Waals surface area contributed by atoms with Gasteiger partial charge < -0.3 is 0 Å². The van der Waals surface area contributed by atoms with Crippen molar-refractivity contribution in [2.45, 2.75) is 32.7 Å². The fraction of sp³-hybridized carbons (Fsp3) is 0.240. The van der Waals surface area contributed by atoms with Crippen LogP contribution in [-0.4, -0.2) is 30.6 Å². The monoisotopic (exact) mass is 424 g/mol. The number of carbonyl (C=O) groups excluding carboxylic acids is 1. The van der Waals surface area contributed by atoms with Crippen LogP contribution in [0.5, 0.6) is 0 Å². The van der Waals surface area contributed by atoms with E-state index in [0.29, 0.717) is 36.4 Å². The van der Waals surface area contributed by atoms with Gasteiger partial charge in [0, 0.05) is 29.9 Å². The van der Waals surface area contributed by atoms with E-state index in [1.807, 2.05) is 49.5 Å². The van der Waals surface area contributed by atoms with Crippen LogP contribution in [0.1, 0.15) is 36.5 Å². The summed E-state index contributed by atoms with van der Waals surface area (Å²) in [7, 11) is 1.84. The Morgan fingerprint density at radius 1 is 1.00 bits per heavy atom. The van der Waals surface area contributed by atoms with Crippen molar-refractivity contribution >= 4 is 11.7 Å². The number of aryl methyl sites for hydroxylation is 1. The molecule has 0 saturated heterocycles. The molecule has 2 aromatic carbocycles. The van der Waals surface area contributed by atoms with Crippen molar-refractivity contribution in [2.24, 2.45) is 7.05 Å². The van der Waals surface area contributed by atoms with Crippen molar-refractivity contribution in [1.29, 1.82) is 0 Å². The van der Waals surface area contributed by atoms with Gasteiger partial charge in [-0.15, -0.1) is 0 Å². The molecule has 0 atom stereocenters. The molecule has 0 aliphatic carbocycles. The molecule has 0 saturated carbocycles. The van der Waals surface area contributed by atoms with Gasteiger partial charge in [0.1, 0.15) is 12.1 Å². The lowest BCUT2D eigenvalue weighted by Crippen LogP contribution is -2.26. The molecule has 1 amide bonds. The molecule has 0 unspecified atom stereocenters. The molecule has 4 aromatic rings. The first-order valence-electron chi connectivity index (χ1n) is 10.7. The maximum Gasteiger partial charge on any atom is 0.233 e. The number of fused-ring (bicyclic) bond motifs is 1. The summed E-state index contributed by atoms with van der Waals surface area (Å²) >= 11 is 0. The Labute approximate surface area is 186 Å². The van der Waals surface area contributed by atoms with Gasteiger partial charge in [0.05, 0.1) is 13.0 Å². The van der Waals surface area contributed by atoms with E-state index in [1.54, 1.807) is 22.1 Å². The third-order valence-electron chi connectivity index (χ3n) is 5.72. The van der Waals surface area contributed by atoms with Crippen LogP contribution in [0.25, 0.3) is 22.8 Å². The van der Waals surface area contributed by atoms with E-state index in [-0.39, 0.29) is 5.91 Å². The van der Waals surface area contributed by atoms with Crippen LogP contribution in [-0.2, 0) is 24.8 Å². The van der Waals surface area contributed by atoms with Crippen LogP contribution in [0.3, 0.4) is 0 Å². The number of anilines is 1. The molecule has 2 aromatic heterocycles. The second kappa shape index (κ2) is 8.00. The number of amides is 1. The van der Waals surface area contributed by atoms with Crippen molar-refractivity contribution in [3.8, 4) is 22.8 Å². The third kappa shape index (κ3) is 3.66. The van der Waals surface area contributed by atoms with Crippen LogP contribution >= 0.6 is 0 Å². The van der Waals surface area contributed by atoms with Crippen molar-refractivity contribution in [3.05, 3.63) is 77.7 Å². The zero-order chi connectivity index (χ0) is 22.2. The first-order chi connectivity index (χ1) is 15.5. The largest absolute Gasteiger partial charge is 0.292 e. The zero-order valence-electron chi connectivity index (χ0n) is 18.4. The maximum absolute atomic E-state index is 12.8. The Morgan fingerprint density at radius 3 is 2.50 bits per heavy atom. The van der Waals surface area contributed by atoms with E-state index in [0.717, 1.165) is 22.3 Å². The number of carbonyl (C=O) groups is 1. The molecule has 0 bridgehead atoms. The summed E-state index contributed by atoms with van der Waals surface area (Å²) in [4.78, 5) is 28.2. The zero-order valence-corrected chi connectivity index (χ0v) is 18.4. The smallest absolute Gasteiger partial charge is 0.233 e. The van der Waals surface area contributed by atoms with Crippen molar-refractivity contribution in [1.82, 2.24) is 24.7 Å². The van der Waals surface area contributed by atoms with Crippen molar-refractivity contribution in [3.63, 3.8) is 0 Å². The Kier molecular flexibility index (Phi) is 5.01. The minimum Gasteiger partial charge on any atom is -0.292 e. The van der Waals surface area contributed by atoms with Crippen LogP contribution in [0, 0.1) is 0 Å². The topological polar surface area (TPSA) is 76.8 Å². The Morgan fingerprint density at radius 2 is 1.78 bits per heavy atom. The highest BCUT2D eigenvalue weighted by Crippen LogP contribution is 2.32. The van der Waals surface area contributed by atoms with Gasteiger partial charge in [0.15, 0.2) is 11.6 Å². The molecular formula is C25H24N6O. The Hall–Kier alpha value is -3.87. The minimum absolute atomic E-state index is 0.0408. The summed E-state index contributed by atoms with van der Waals surface area (Å²) in [6, 6.07) is 16.2. The van der Waals surface area contributed by atoms with Crippen LogP contribution in [0.2, 0.25) is 0 Å². The van der Waals surface area contributed by atoms with Crippen LogP contribution < -0.4 is 4.90 Å². The molecule has 7 nitrogen and oxygen atoms in total. The summed E-state index contributed by atoms with van der Waals surface area (Å²) in [5.41, 5.74) is 5.04. The van der Waals surface area contributed by atoms with Gasteiger partial charge in [0.2, 0.25) is 5.91 Å². The number of hydrogen-bond acceptors (Lipinski definition) is 5. The Bertz CT molecular complexity index is 1290. The molecule has 0 N–H and O–H groups in total. The normalized spacial score (nSPS) is 13.1. The molecule has 32 heavy (non-hydrogen) atoms. The summed E-state index contributed by atoms with van der Waals surface area (Å²) in [6.45, 7) is 4.78. The predicted molar refractivity (Wildman–Crippen MR) is 123 cm³/mol. The number of aromatic nitrogens is 5. The van der Waals surface area contributed by atoms with Gasteiger partial charge in [0.25, 0.3) is 0 Å². The summed E-state index contributed by atoms with van der Waals surface area (Å²) in [6.07, 6.45) is 3.80. The second-order valence-electron chi connectivity index (χ2n) is 8.38. The number of benzene rings is 2. The molecule has 5 rings (SSSR count). The van der Waals surface area contributed by atoms with E-state index in [9.17, 15) is 4.79 Å². The van der Waals surface area contributed by atoms with Gasteiger partial charge in [-0.2, -0.15) is 5.10 Å². The molecule has 0 radical (unpaired) electrons. The van der Waals surface area contributed by atoms with Gasteiger partial charge >= 0.3 is 0 Å². The lowest BCUT2D eigenvalue weighted by molar-refractivity contribution is -0.117. The summed E-state index contributed by atoms with van der Waals surface area (Å²) < 4.78 is 1.68. The van der Waals surface area contributed by atoms with E-state index < -0.39 is 0 Å². The third-order valence-corrected chi connectivity index (χ3v) is 5.72. The van der Waals surface area contributed by atoms with E-state index in [1.165, 1.54) is 5.56 Å². The van der Waals surface area contributed by atoms with Crippen molar-refractivity contribution < 1.29 is 4.79 Å². The SMILES string of the molecule is CC(C)c1ccccc1-c1ncc2c(n1)N(Cc1ccc(-c3ncn(C)n3)cc1)C(=O)C2. The molecule has 7 heteroatoms. The van der Waals surface area contributed by atoms with Gasteiger partial charge in [-0.1, -0.05) is 62.4 Å². The quantitative estimate of drug-likeness (QED) is 0.481. The highest BCUT2D eigenvalue weighted by molar-refractivity contribution is 6.00. The number of rotatable bonds is 5. The molecule has 160 valence electrons. The standard InChI is InChI=1S/C25H24N6O/c1-16(2)20-6-4-5-7-21(20)24-26-13-19-12-22(32)31(25(19)28-24)14-17-8-10-18(11-9-17)23-27-15-30(3)29-23/h4-11,13,15-16H,12,14H2,1-3H3. The highest BCUT2D eigenvalue weighted by atomic mass is 16.2. The first kappa shape index (κ1) is 20.1. The molecule has 1 aliphatic heterocycles. The van der Waals surface area contributed by atoms with Gasteiger partial charge in [-0.25, -0.2) is 15.0 Å². The number of nitrogens with zero attached hydrogens (tertiary/aromatic N) is 6. The average Bonchev–Trinajstić information content (AvgIpc) is 3.37. The predicted octanol–water partition coefficient (Wildman–Crippen LogP) is 4.15. The fourth-order valence-corrected chi connectivity index (χ4v) is 4.04. The van der Waals surface area contributed by atoms with Crippen LogP contribution in [0.4, 0.5) is 5.82 Å². The van der Waals surface area contributed by atoms with E-state index in [4.69, 9.17) is 4.98 Å². The minimum atomic E-state index is 0.0408. The summed E-state index contributed by atoms with van der Waals surface area (Å²) in [5.74, 6) is 2.44.